The van der Waals surface area contributed by atoms with Crippen LogP contribution in [0.2, 0.25) is 0 Å². The number of ether oxygens (including phenoxy) is 2. The Morgan fingerprint density at radius 1 is 1.02 bits per heavy atom. The number of aromatic hydroxyl groups is 1. The Kier molecular flexibility index (Phi) is 8.17. The van der Waals surface area contributed by atoms with Crippen molar-refractivity contribution in [2.75, 3.05) is 45.3 Å². The van der Waals surface area contributed by atoms with E-state index < -0.39 is 23.1 Å². The number of hydrogen-bond donors (Lipinski definition) is 1. The molecule has 0 saturated carbocycles. The number of thiazole rings is 1. The predicted molar refractivity (Wildman–Crippen MR) is 163 cm³/mol. The fourth-order valence-corrected chi connectivity index (χ4v) is 6.18. The molecule has 1 aliphatic heterocycles. The minimum atomic E-state index is -0.879. The van der Waals surface area contributed by atoms with Gasteiger partial charge in [-0.3, -0.25) is 14.5 Å². The fraction of sp³-hybridized carbons (Fsp3) is 0.281. The summed E-state index contributed by atoms with van der Waals surface area (Å²) in [4.78, 5) is 34.5. The number of benzene rings is 2. The van der Waals surface area contributed by atoms with E-state index in [1.165, 1.54) is 24.5 Å². The SMILES string of the molecule is COC(=O)C[C@H](c1ccc(-c2nc3ccccc3s2)o1)c1oc(CN2CCN(c3ccc(OC)cc3)CC2)cc(=O)c1O. The summed E-state index contributed by atoms with van der Waals surface area (Å²) in [5.41, 5.74) is 1.39. The Bertz CT molecular complexity index is 1750. The van der Waals surface area contributed by atoms with Gasteiger partial charge in [0.25, 0.3) is 0 Å². The van der Waals surface area contributed by atoms with Crippen LogP contribution in [-0.2, 0) is 16.1 Å². The van der Waals surface area contributed by atoms with Gasteiger partial charge >= 0.3 is 5.97 Å². The van der Waals surface area contributed by atoms with E-state index in [4.69, 9.17) is 18.3 Å². The smallest absolute Gasteiger partial charge is 0.306 e. The predicted octanol–water partition coefficient (Wildman–Crippen LogP) is 5.24. The highest BCUT2D eigenvalue weighted by Gasteiger charge is 2.30. The lowest BCUT2D eigenvalue weighted by atomic mass is 9.98. The molecule has 5 aromatic rings. The summed E-state index contributed by atoms with van der Waals surface area (Å²) < 4.78 is 23.5. The molecule has 0 aliphatic carbocycles. The second-order valence-corrected chi connectivity index (χ2v) is 11.3. The van der Waals surface area contributed by atoms with Crippen LogP contribution in [0.25, 0.3) is 21.0 Å². The van der Waals surface area contributed by atoms with Crippen LogP contribution in [-0.4, -0.2) is 61.4 Å². The molecule has 0 radical (unpaired) electrons. The second-order valence-electron chi connectivity index (χ2n) is 10.3. The number of aromatic nitrogens is 1. The molecule has 1 N–H and O–H groups in total. The van der Waals surface area contributed by atoms with Gasteiger partial charge in [-0.15, -0.1) is 11.3 Å². The molecule has 2 aromatic carbocycles. The lowest BCUT2D eigenvalue weighted by Crippen LogP contribution is -2.46. The van der Waals surface area contributed by atoms with Gasteiger partial charge < -0.3 is 28.3 Å². The summed E-state index contributed by atoms with van der Waals surface area (Å²) in [5.74, 6) is 0.0642. The van der Waals surface area contributed by atoms with Gasteiger partial charge in [-0.1, -0.05) is 12.1 Å². The Hall–Kier alpha value is -4.61. The first-order valence-corrected chi connectivity index (χ1v) is 14.7. The van der Waals surface area contributed by atoms with Gasteiger partial charge in [-0.05, 0) is 48.5 Å². The van der Waals surface area contributed by atoms with E-state index >= 15 is 0 Å². The maximum atomic E-state index is 12.9. The third-order valence-corrected chi connectivity index (χ3v) is 8.63. The highest BCUT2D eigenvalue weighted by Crippen LogP contribution is 2.38. The molecule has 11 heteroatoms. The van der Waals surface area contributed by atoms with Crippen LogP contribution in [0.1, 0.15) is 29.6 Å². The molecule has 10 nitrogen and oxygen atoms in total. The maximum absolute atomic E-state index is 12.9. The molecule has 1 aliphatic rings. The average molecular weight is 602 g/mol. The van der Waals surface area contributed by atoms with Crippen molar-refractivity contribution in [2.24, 2.45) is 0 Å². The third-order valence-electron chi connectivity index (χ3n) is 7.58. The number of esters is 1. The number of para-hydroxylation sites is 1. The number of piperazine rings is 1. The number of carbonyl (C=O) groups excluding carboxylic acids is 1. The minimum Gasteiger partial charge on any atom is -0.502 e. The average Bonchev–Trinajstić information content (AvgIpc) is 3.70. The topological polar surface area (TPSA) is 118 Å². The molecule has 0 bridgehead atoms. The second kappa shape index (κ2) is 12.3. The standard InChI is InChI=1S/C32H31N3O7S/c1-39-21-9-7-20(8-10-21)35-15-13-34(14-16-35)19-22-17-25(36)30(38)31(41-22)23(18-29(37)40-2)26-11-12-27(42-26)32-33-24-5-3-4-6-28(24)43-32/h3-12,17,23,38H,13-16,18-19H2,1-2H3/t23-/m1/s1. The minimum absolute atomic E-state index is 0.0324. The Morgan fingerprint density at radius 2 is 1.79 bits per heavy atom. The highest BCUT2D eigenvalue weighted by atomic mass is 32.1. The lowest BCUT2D eigenvalue weighted by molar-refractivity contribution is -0.141. The summed E-state index contributed by atoms with van der Waals surface area (Å²) >= 11 is 1.48. The number of methoxy groups -OCH3 is 2. The number of anilines is 1. The number of furan rings is 1. The largest absolute Gasteiger partial charge is 0.502 e. The van der Waals surface area contributed by atoms with E-state index in [1.807, 2.05) is 48.5 Å². The van der Waals surface area contributed by atoms with Gasteiger partial charge in [0.1, 0.15) is 17.3 Å². The molecule has 0 spiro atoms. The summed E-state index contributed by atoms with van der Waals surface area (Å²) in [6, 6.07) is 20.5. The van der Waals surface area contributed by atoms with Gasteiger partial charge in [-0.2, -0.15) is 0 Å². The van der Waals surface area contributed by atoms with Crippen LogP contribution in [0.15, 0.2) is 80.4 Å². The van der Waals surface area contributed by atoms with Crippen molar-refractivity contribution in [3.8, 4) is 22.3 Å². The summed E-state index contributed by atoms with van der Waals surface area (Å²) in [5, 5.41) is 11.5. The quantitative estimate of drug-likeness (QED) is 0.225. The first-order chi connectivity index (χ1) is 20.9. The molecule has 0 amide bonds. The zero-order chi connectivity index (χ0) is 29.9. The Labute approximate surface area is 251 Å². The number of rotatable bonds is 9. The maximum Gasteiger partial charge on any atom is 0.306 e. The van der Waals surface area contributed by atoms with Gasteiger partial charge in [0, 0.05) is 37.9 Å². The fourth-order valence-electron chi connectivity index (χ4n) is 5.25. The van der Waals surface area contributed by atoms with Crippen molar-refractivity contribution in [2.45, 2.75) is 18.9 Å². The van der Waals surface area contributed by atoms with Gasteiger partial charge in [0.05, 0.1) is 43.3 Å². The Balaban J connectivity index is 1.23. The molecule has 1 atom stereocenters. The first-order valence-electron chi connectivity index (χ1n) is 13.9. The first kappa shape index (κ1) is 28.5. The van der Waals surface area contributed by atoms with Crippen LogP contribution in [0.4, 0.5) is 5.69 Å². The normalized spacial score (nSPS) is 14.6. The zero-order valence-corrected chi connectivity index (χ0v) is 24.6. The molecule has 1 saturated heterocycles. The highest BCUT2D eigenvalue weighted by molar-refractivity contribution is 7.21. The van der Waals surface area contributed by atoms with Crippen molar-refractivity contribution >= 4 is 33.2 Å². The molecule has 6 rings (SSSR count). The van der Waals surface area contributed by atoms with E-state index in [9.17, 15) is 14.7 Å². The van der Waals surface area contributed by atoms with E-state index in [0.717, 1.165) is 47.8 Å². The third kappa shape index (κ3) is 6.13. The van der Waals surface area contributed by atoms with E-state index in [-0.39, 0.29) is 12.2 Å². The van der Waals surface area contributed by atoms with Crippen LogP contribution >= 0.6 is 11.3 Å². The molecular weight excluding hydrogens is 570 g/mol. The van der Waals surface area contributed by atoms with Crippen molar-refractivity contribution in [1.29, 1.82) is 0 Å². The van der Waals surface area contributed by atoms with Crippen LogP contribution in [0.3, 0.4) is 0 Å². The number of fused-ring (bicyclic) bond motifs is 1. The van der Waals surface area contributed by atoms with Gasteiger partial charge in [-0.25, -0.2) is 4.98 Å². The Morgan fingerprint density at radius 3 is 2.51 bits per heavy atom. The van der Waals surface area contributed by atoms with Gasteiger partial charge in [0.2, 0.25) is 11.2 Å². The van der Waals surface area contributed by atoms with Crippen molar-refractivity contribution < 1.29 is 28.2 Å². The molecule has 3 aromatic heterocycles. The molecule has 4 heterocycles. The number of hydrogen-bond acceptors (Lipinski definition) is 11. The molecule has 43 heavy (non-hydrogen) atoms. The molecule has 0 unspecified atom stereocenters. The molecule has 222 valence electrons. The van der Waals surface area contributed by atoms with E-state index in [2.05, 4.69) is 14.8 Å². The van der Waals surface area contributed by atoms with Gasteiger partial charge in [0.15, 0.2) is 16.5 Å². The van der Waals surface area contributed by atoms with Crippen LogP contribution < -0.4 is 15.1 Å². The molecule has 1 fully saturated rings. The van der Waals surface area contributed by atoms with E-state index in [0.29, 0.717) is 28.8 Å². The van der Waals surface area contributed by atoms with Crippen molar-refractivity contribution in [3.05, 3.63) is 94.2 Å². The van der Waals surface area contributed by atoms with Crippen molar-refractivity contribution in [3.63, 3.8) is 0 Å². The molecular formula is C32H31N3O7S. The van der Waals surface area contributed by atoms with Crippen LogP contribution in [0, 0.1) is 0 Å². The van der Waals surface area contributed by atoms with E-state index in [1.54, 1.807) is 19.2 Å². The lowest BCUT2D eigenvalue weighted by Gasteiger charge is -2.35. The number of nitrogens with zero attached hydrogens (tertiary/aromatic N) is 3. The van der Waals surface area contributed by atoms with Crippen molar-refractivity contribution in [1.82, 2.24) is 9.88 Å². The zero-order valence-electron chi connectivity index (χ0n) is 23.8. The summed E-state index contributed by atoms with van der Waals surface area (Å²) in [6.45, 7) is 3.47. The monoisotopic (exact) mass is 601 g/mol. The van der Waals surface area contributed by atoms with Crippen LogP contribution in [0.5, 0.6) is 11.5 Å². The summed E-state index contributed by atoms with van der Waals surface area (Å²) in [6.07, 6.45) is -0.191. The number of carbonyl (C=O) groups is 1. The summed E-state index contributed by atoms with van der Waals surface area (Å²) in [7, 11) is 2.93.